The third-order valence-electron chi connectivity index (χ3n) is 5.42. The van der Waals surface area contributed by atoms with Crippen molar-refractivity contribution in [3.05, 3.63) is 24.0 Å². The number of ether oxygens (including phenoxy) is 1. The van der Waals surface area contributed by atoms with Gasteiger partial charge in [0.2, 0.25) is 5.91 Å². The monoisotopic (exact) mass is 332 g/mol. The molecule has 0 radical (unpaired) electrons. The second-order valence-electron chi connectivity index (χ2n) is 7.08. The number of hydrogen-bond acceptors (Lipinski definition) is 4. The van der Waals surface area contributed by atoms with Crippen molar-refractivity contribution in [2.45, 2.75) is 18.6 Å². The molecule has 2 amide bonds. The Bertz CT molecular complexity index is 609. The van der Waals surface area contributed by atoms with Gasteiger partial charge in [0.1, 0.15) is 0 Å². The topological polar surface area (TPSA) is 68.9 Å². The first-order valence-corrected chi connectivity index (χ1v) is 8.66. The van der Waals surface area contributed by atoms with Crippen LogP contribution in [-0.4, -0.2) is 90.0 Å². The number of likely N-dealkylation sites (tertiary alicyclic amines) is 1. The van der Waals surface area contributed by atoms with Gasteiger partial charge in [-0.05, 0) is 19.5 Å². The molecule has 1 aromatic heterocycles. The highest BCUT2D eigenvalue weighted by atomic mass is 16.5. The zero-order valence-electron chi connectivity index (χ0n) is 14.0. The van der Waals surface area contributed by atoms with Crippen molar-refractivity contribution in [3.63, 3.8) is 0 Å². The van der Waals surface area contributed by atoms with Crippen LogP contribution in [0, 0.1) is 5.92 Å². The van der Waals surface area contributed by atoms with Gasteiger partial charge in [-0.2, -0.15) is 0 Å². The lowest BCUT2D eigenvalue weighted by Gasteiger charge is -2.36. The lowest BCUT2D eigenvalue weighted by Crippen LogP contribution is -2.51. The van der Waals surface area contributed by atoms with E-state index in [0.717, 1.165) is 32.6 Å². The van der Waals surface area contributed by atoms with Crippen LogP contribution in [0.1, 0.15) is 16.8 Å². The van der Waals surface area contributed by atoms with Crippen LogP contribution >= 0.6 is 0 Å². The molecule has 0 aliphatic carbocycles. The zero-order valence-corrected chi connectivity index (χ0v) is 14.0. The molecule has 3 atom stereocenters. The van der Waals surface area contributed by atoms with Crippen molar-refractivity contribution in [3.8, 4) is 0 Å². The van der Waals surface area contributed by atoms with Gasteiger partial charge in [0.25, 0.3) is 5.91 Å². The molecule has 7 heteroatoms. The van der Waals surface area contributed by atoms with Crippen molar-refractivity contribution in [2.75, 3.05) is 46.3 Å². The zero-order chi connectivity index (χ0) is 16.7. The van der Waals surface area contributed by atoms with Crippen LogP contribution in [0.3, 0.4) is 0 Å². The normalized spacial score (nSPS) is 30.6. The largest absolute Gasteiger partial charge is 0.370 e. The molecule has 130 valence electrons. The van der Waals surface area contributed by atoms with Crippen LogP contribution < -0.4 is 0 Å². The van der Waals surface area contributed by atoms with E-state index in [1.807, 2.05) is 9.80 Å². The summed E-state index contributed by atoms with van der Waals surface area (Å²) in [5.74, 6) is 0.108. The molecule has 2 bridgehead atoms. The Balaban J connectivity index is 1.42. The van der Waals surface area contributed by atoms with Gasteiger partial charge < -0.3 is 24.4 Å². The molecular weight excluding hydrogens is 308 g/mol. The lowest BCUT2D eigenvalue weighted by molar-refractivity contribution is -0.139. The van der Waals surface area contributed by atoms with E-state index >= 15 is 0 Å². The van der Waals surface area contributed by atoms with Crippen LogP contribution in [0.2, 0.25) is 0 Å². The maximum Gasteiger partial charge on any atom is 0.255 e. The summed E-state index contributed by atoms with van der Waals surface area (Å²) in [5, 5.41) is 0. The molecule has 0 spiro atoms. The number of piperazine rings is 1. The maximum absolute atomic E-state index is 12.9. The van der Waals surface area contributed by atoms with Gasteiger partial charge >= 0.3 is 0 Å². The Labute approximate surface area is 141 Å². The summed E-state index contributed by atoms with van der Waals surface area (Å²) in [6.07, 6.45) is 4.01. The van der Waals surface area contributed by atoms with E-state index in [9.17, 15) is 9.59 Å². The van der Waals surface area contributed by atoms with Crippen molar-refractivity contribution in [1.29, 1.82) is 0 Å². The van der Waals surface area contributed by atoms with Crippen molar-refractivity contribution in [2.24, 2.45) is 5.92 Å². The molecule has 1 N–H and O–H groups in total. The predicted octanol–water partition coefficient (Wildman–Crippen LogP) is 0.0182. The average molecular weight is 332 g/mol. The molecule has 24 heavy (non-hydrogen) atoms. The third-order valence-corrected chi connectivity index (χ3v) is 5.42. The van der Waals surface area contributed by atoms with Crippen LogP contribution in [-0.2, 0) is 9.53 Å². The highest BCUT2D eigenvalue weighted by Crippen LogP contribution is 2.34. The number of rotatable bonds is 2. The van der Waals surface area contributed by atoms with Crippen LogP contribution in [0.15, 0.2) is 18.5 Å². The molecule has 0 saturated carbocycles. The fraction of sp³-hybridized carbons (Fsp3) is 0.647. The molecule has 7 nitrogen and oxygen atoms in total. The Morgan fingerprint density at radius 2 is 1.96 bits per heavy atom. The number of carbonyl (C=O) groups excluding carboxylic acids is 2. The van der Waals surface area contributed by atoms with Gasteiger partial charge in [-0.15, -0.1) is 0 Å². The van der Waals surface area contributed by atoms with E-state index in [0.29, 0.717) is 18.7 Å². The van der Waals surface area contributed by atoms with Crippen LogP contribution in [0.4, 0.5) is 0 Å². The Kier molecular flexibility index (Phi) is 4.05. The molecule has 1 aromatic rings. The highest BCUT2D eigenvalue weighted by molar-refractivity contribution is 5.94. The summed E-state index contributed by atoms with van der Waals surface area (Å²) in [7, 11) is 2.08. The van der Waals surface area contributed by atoms with Gasteiger partial charge in [0.15, 0.2) is 0 Å². The molecule has 3 fully saturated rings. The SMILES string of the molecule is CN1CCN(C(=O)C2CC3CN(C(=O)c4cc[nH]c4)CC2O3)CC1. The van der Waals surface area contributed by atoms with Gasteiger partial charge in [0, 0.05) is 51.7 Å². The first-order chi connectivity index (χ1) is 11.6. The van der Waals surface area contributed by atoms with Gasteiger partial charge in [-0.3, -0.25) is 9.59 Å². The fourth-order valence-electron chi connectivity index (χ4n) is 3.98. The summed E-state index contributed by atoms with van der Waals surface area (Å²) in [5.41, 5.74) is 0.665. The van der Waals surface area contributed by atoms with E-state index in [-0.39, 0.29) is 29.9 Å². The number of carbonyl (C=O) groups is 2. The number of nitrogens with one attached hydrogen (secondary N) is 1. The number of aromatic nitrogens is 1. The smallest absolute Gasteiger partial charge is 0.255 e. The third kappa shape index (κ3) is 2.82. The standard InChI is InChI=1S/C17H24N4O3/c1-19-4-6-20(7-5-19)17(23)14-8-13-10-21(11-15(14)24-13)16(22)12-2-3-18-9-12/h2-3,9,13-15,18H,4-8,10-11H2,1H3. The van der Waals surface area contributed by atoms with Crippen molar-refractivity contribution in [1.82, 2.24) is 19.7 Å². The number of morpholine rings is 1. The number of nitrogens with zero attached hydrogens (tertiary/aromatic N) is 3. The van der Waals surface area contributed by atoms with Gasteiger partial charge in [-0.1, -0.05) is 0 Å². The van der Waals surface area contributed by atoms with Gasteiger partial charge in [-0.25, -0.2) is 0 Å². The molecule has 3 aliphatic rings. The van der Waals surface area contributed by atoms with E-state index in [1.54, 1.807) is 18.5 Å². The lowest BCUT2D eigenvalue weighted by atomic mass is 9.98. The summed E-state index contributed by atoms with van der Waals surface area (Å²) in [6, 6.07) is 1.78. The van der Waals surface area contributed by atoms with E-state index in [1.165, 1.54) is 0 Å². The second-order valence-corrected chi connectivity index (χ2v) is 7.08. The van der Waals surface area contributed by atoms with E-state index < -0.39 is 0 Å². The van der Waals surface area contributed by atoms with Crippen molar-refractivity contribution >= 4 is 11.8 Å². The van der Waals surface area contributed by atoms with E-state index in [2.05, 4.69) is 16.9 Å². The molecule has 0 aromatic carbocycles. The number of aromatic amines is 1. The van der Waals surface area contributed by atoms with Crippen LogP contribution in [0.5, 0.6) is 0 Å². The minimum absolute atomic E-state index is 0.0160. The summed E-state index contributed by atoms with van der Waals surface area (Å²) < 4.78 is 5.98. The molecular formula is C17H24N4O3. The first-order valence-electron chi connectivity index (χ1n) is 8.66. The average Bonchev–Trinajstić information content (AvgIpc) is 3.22. The summed E-state index contributed by atoms with van der Waals surface area (Å²) in [6.45, 7) is 4.50. The number of hydrogen-bond donors (Lipinski definition) is 1. The Morgan fingerprint density at radius 1 is 1.17 bits per heavy atom. The first kappa shape index (κ1) is 15.7. The summed E-state index contributed by atoms with van der Waals surface area (Å²) in [4.78, 5) is 34.4. The molecule has 4 rings (SSSR count). The minimum Gasteiger partial charge on any atom is -0.370 e. The number of H-pyrrole nitrogens is 1. The maximum atomic E-state index is 12.9. The Hall–Kier alpha value is -1.86. The minimum atomic E-state index is -0.168. The number of amides is 2. The molecule has 4 heterocycles. The number of fused-ring (bicyclic) bond motifs is 2. The van der Waals surface area contributed by atoms with E-state index in [4.69, 9.17) is 4.74 Å². The Morgan fingerprint density at radius 3 is 2.67 bits per heavy atom. The predicted molar refractivity (Wildman–Crippen MR) is 87.5 cm³/mol. The summed E-state index contributed by atoms with van der Waals surface area (Å²) >= 11 is 0. The van der Waals surface area contributed by atoms with Crippen LogP contribution in [0.25, 0.3) is 0 Å². The van der Waals surface area contributed by atoms with Gasteiger partial charge in [0.05, 0.1) is 23.7 Å². The second kappa shape index (κ2) is 6.22. The highest BCUT2D eigenvalue weighted by Gasteiger charge is 2.47. The number of likely N-dealkylation sites (N-methyl/N-ethyl adjacent to an activating group) is 1. The molecule has 3 unspecified atom stereocenters. The quantitative estimate of drug-likeness (QED) is 0.829. The molecule has 3 saturated heterocycles. The van der Waals surface area contributed by atoms with Crippen molar-refractivity contribution < 1.29 is 14.3 Å². The molecule has 3 aliphatic heterocycles. The fourth-order valence-corrected chi connectivity index (χ4v) is 3.98.